The van der Waals surface area contributed by atoms with Gasteiger partial charge in [-0.3, -0.25) is 0 Å². The summed E-state index contributed by atoms with van der Waals surface area (Å²) in [6.45, 7) is 4.03. The Hall–Kier alpha value is -1.11. The van der Waals surface area contributed by atoms with E-state index in [1.165, 1.54) is 5.56 Å². The Morgan fingerprint density at radius 2 is 2.13 bits per heavy atom. The average Bonchev–Trinajstić information content (AvgIpc) is 2.13. The van der Waals surface area contributed by atoms with Crippen molar-refractivity contribution in [3.05, 3.63) is 31.2 Å². The number of nitrogen functional groups attached to an aromatic ring is 1. The van der Waals surface area contributed by atoms with Crippen molar-refractivity contribution in [3.8, 4) is 0 Å². The Morgan fingerprint density at radius 3 is 2.80 bits per heavy atom. The monoisotopic (exact) mass is 315 g/mol. The second kappa shape index (κ2) is 3.48. The van der Waals surface area contributed by atoms with E-state index in [9.17, 15) is 4.79 Å². The molecular weight excluding hydrogens is 305 g/mol. The number of nitrogens with one attached hydrogen (secondary N) is 1. The van der Waals surface area contributed by atoms with Crippen molar-refractivity contribution in [2.75, 3.05) is 5.73 Å². The number of hydrogen-bond donors (Lipinski definition) is 2. The normalized spacial score (nSPS) is 10.9. The van der Waals surface area contributed by atoms with Crippen LogP contribution in [0.25, 0.3) is 10.9 Å². The summed E-state index contributed by atoms with van der Waals surface area (Å²) < 4.78 is 1.05. The third kappa shape index (κ3) is 1.60. The molecule has 0 saturated carbocycles. The molecule has 2 aromatic rings. The third-order valence-electron chi connectivity index (χ3n) is 2.49. The first-order valence-electron chi connectivity index (χ1n) is 4.46. The molecule has 1 heterocycles. The van der Waals surface area contributed by atoms with Crippen molar-refractivity contribution in [1.29, 1.82) is 0 Å². The lowest BCUT2D eigenvalue weighted by atomic mass is 10.1. The number of aromatic amines is 1. The maximum Gasteiger partial charge on any atom is 0.347 e. The number of hydrogen-bond acceptors (Lipinski definition) is 3. The van der Waals surface area contributed by atoms with E-state index >= 15 is 0 Å². The number of anilines is 1. The van der Waals surface area contributed by atoms with Gasteiger partial charge in [-0.2, -0.15) is 4.98 Å². The van der Waals surface area contributed by atoms with Crippen molar-refractivity contribution in [2.45, 2.75) is 13.8 Å². The lowest BCUT2D eigenvalue weighted by molar-refractivity contribution is 1.12. The van der Waals surface area contributed by atoms with E-state index in [0.717, 1.165) is 20.0 Å². The molecule has 5 heteroatoms. The standard InChI is InChI=1S/C10H10IN3O/c1-4-3-6-7(8(11)5(4)2)9(12)14-10(15)13-6/h3H,1-2H3,(H3,12,13,14,15). The largest absolute Gasteiger partial charge is 0.383 e. The minimum atomic E-state index is -0.404. The highest BCUT2D eigenvalue weighted by molar-refractivity contribution is 14.1. The number of rotatable bonds is 0. The maximum absolute atomic E-state index is 11.2. The number of aryl methyl sites for hydroxylation is 1. The molecule has 78 valence electrons. The number of nitrogens with two attached hydrogens (primary N) is 1. The van der Waals surface area contributed by atoms with Crippen molar-refractivity contribution < 1.29 is 0 Å². The highest BCUT2D eigenvalue weighted by atomic mass is 127. The van der Waals surface area contributed by atoms with Crippen LogP contribution in [0.1, 0.15) is 11.1 Å². The predicted molar refractivity (Wildman–Crippen MR) is 69.0 cm³/mol. The zero-order valence-electron chi connectivity index (χ0n) is 8.39. The molecule has 3 N–H and O–H groups in total. The minimum absolute atomic E-state index is 0.293. The number of fused-ring (bicyclic) bond motifs is 1. The number of halogens is 1. The van der Waals surface area contributed by atoms with E-state index in [2.05, 4.69) is 32.6 Å². The van der Waals surface area contributed by atoms with Crippen LogP contribution in [0.5, 0.6) is 0 Å². The molecule has 15 heavy (non-hydrogen) atoms. The molecule has 2 rings (SSSR count). The summed E-state index contributed by atoms with van der Waals surface area (Å²) in [5.41, 5.74) is 8.39. The van der Waals surface area contributed by atoms with Crippen LogP contribution in [-0.2, 0) is 0 Å². The van der Waals surface area contributed by atoms with Crippen molar-refractivity contribution in [3.63, 3.8) is 0 Å². The van der Waals surface area contributed by atoms with Crippen LogP contribution in [0.15, 0.2) is 10.9 Å². The summed E-state index contributed by atoms with van der Waals surface area (Å²) in [4.78, 5) is 17.5. The van der Waals surface area contributed by atoms with Gasteiger partial charge in [-0.1, -0.05) is 0 Å². The van der Waals surface area contributed by atoms with Gasteiger partial charge in [-0.25, -0.2) is 4.79 Å². The van der Waals surface area contributed by atoms with Gasteiger partial charge in [-0.05, 0) is 53.6 Å². The number of nitrogens with zero attached hydrogens (tertiary/aromatic N) is 1. The Labute approximate surface area is 100 Å². The number of benzene rings is 1. The fraction of sp³-hybridized carbons (Fsp3) is 0.200. The van der Waals surface area contributed by atoms with Crippen LogP contribution in [0.2, 0.25) is 0 Å². The topological polar surface area (TPSA) is 71.8 Å². The van der Waals surface area contributed by atoms with Gasteiger partial charge in [-0.15, -0.1) is 0 Å². The second-order valence-corrected chi connectivity index (χ2v) is 4.56. The van der Waals surface area contributed by atoms with Gasteiger partial charge in [0.15, 0.2) is 0 Å². The van der Waals surface area contributed by atoms with Gasteiger partial charge in [0.1, 0.15) is 5.82 Å². The molecule has 0 spiro atoms. The molecule has 0 aliphatic heterocycles. The van der Waals surface area contributed by atoms with Gasteiger partial charge >= 0.3 is 5.69 Å². The molecular formula is C10H10IN3O. The van der Waals surface area contributed by atoms with E-state index in [4.69, 9.17) is 5.73 Å². The lowest BCUT2D eigenvalue weighted by Crippen LogP contribution is -2.13. The Bertz CT molecular complexity index is 604. The first-order chi connectivity index (χ1) is 7.00. The van der Waals surface area contributed by atoms with E-state index in [-0.39, 0.29) is 0 Å². The molecule has 0 saturated heterocycles. The van der Waals surface area contributed by atoms with Gasteiger partial charge < -0.3 is 10.7 Å². The SMILES string of the molecule is Cc1cc2[nH]c(=O)nc(N)c2c(I)c1C. The first kappa shape index (κ1) is 10.4. The fourth-order valence-electron chi connectivity index (χ4n) is 1.53. The van der Waals surface area contributed by atoms with Gasteiger partial charge in [0.25, 0.3) is 0 Å². The second-order valence-electron chi connectivity index (χ2n) is 3.48. The van der Waals surface area contributed by atoms with Crippen LogP contribution in [0.4, 0.5) is 5.82 Å². The molecule has 0 aliphatic rings. The van der Waals surface area contributed by atoms with E-state index < -0.39 is 5.69 Å². The minimum Gasteiger partial charge on any atom is -0.383 e. The summed E-state index contributed by atoms with van der Waals surface area (Å²) in [5.74, 6) is 0.293. The Kier molecular flexibility index (Phi) is 2.41. The first-order valence-corrected chi connectivity index (χ1v) is 5.54. The van der Waals surface area contributed by atoms with E-state index in [1.807, 2.05) is 19.9 Å². The van der Waals surface area contributed by atoms with Crippen LogP contribution in [0.3, 0.4) is 0 Å². The van der Waals surface area contributed by atoms with Gasteiger partial charge in [0.2, 0.25) is 0 Å². The zero-order chi connectivity index (χ0) is 11.2. The van der Waals surface area contributed by atoms with Gasteiger partial charge in [0, 0.05) is 3.57 Å². The Morgan fingerprint density at radius 1 is 1.47 bits per heavy atom. The summed E-state index contributed by atoms with van der Waals surface area (Å²) in [5, 5.41) is 0.832. The van der Waals surface area contributed by atoms with E-state index in [1.54, 1.807) is 0 Å². The van der Waals surface area contributed by atoms with Crippen molar-refractivity contribution in [1.82, 2.24) is 9.97 Å². The summed E-state index contributed by atoms with van der Waals surface area (Å²) in [6, 6.07) is 1.92. The Balaban J connectivity index is 3.05. The lowest BCUT2D eigenvalue weighted by Gasteiger charge is -2.08. The molecule has 0 fully saturated rings. The molecule has 1 aromatic heterocycles. The molecule has 0 bridgehead atoms. The molecule has 0 radical (unpaired) electrons. The van der Waals surface area contributed by atoms with E-state index in [0.29, 0.717) is 5.82 Å². The summed E-state index contributed by atoms with van der Waals surface area (Å²) >= 11 is 2.22. The highest BCUT2D eigenvalue weighted by Gasteiger charge is 2.10. The van der Waals surface area contributed by atoms with Crippen molar-refractivity contribution in [2.24, 2.45) is 0 Å². The van der Waals surface area contributed by atoms with Crippen LogP contribution in [-0.4, -0.2) is 9.97 Å². The van der Waals surface area contributed by atoms with Crippen molar-refractivity contribution >= 4 is 39.3 Å². The molecule has 0 amide bonds. The maximum atomic E-state index is 11.2. The average molecular weight is 315 g/mol. The quantitative estimate of drug-likeness (QED) is 0.727. The zero-order valence-corrected chi connectivity index (χ0v) is 10.5. The number of H-pyrrole nitrogens is 1. The van der Waals surface area contributed by atoms with Crippen LogP contribution >= 0.6 is 22.6 Å². The third-order valence-corrected chi connectivity index (χ3v) is 3.84. The molecule has 4 nitrogen and oxygen atoms in total. The molecule has 0 unspecified atom stereocenters. The predicted octanol–water partition coefficient (Wildman–Crippen LogP) is 1.73. The fourth-order valence-corrected chi connectivity index (χ4v) is 2.53. The van der Waals surface area contributed by atoms with Crippen LogP contribution in [0, 0.1) is 17.4 Å². The van der Waals surface area contributed by atoms with Crippen LogP contribution < -0.4 is 11.4 Å². The highest BCUT2D eigenvalue weighted by Crippen LogP contribution is 2.27. The smallest absolute Gasteiger partial charge is 0.347 e. The summed E-state index contributed by atoms with van der Waals surface area (Å²) in [6.07, 6.45) is 0. The van der Waals surface area contributed by atoms with Gasteiger partial charge in [0.05, 0.1) is 10.9 Å². The molecule has 0 atom stereocenters. The molecule has 1 aromatic carbocycles. The summed E-state index contributed by atoms with van der Waals surface area (Å²) in [7, 11) is 0. The molecule has 0 aliphatic carbocycles. The number of aromatic nitrogens is 2.